The lowest BCUT2D eigenvalue weighted by Crippen LogP contribution is -2.30. The number of pyridine rings is 1. The number of fused-ring (bicyclic) bond motifs is 1. The number of hydrogen-bond donors (Lipinski definition) is 3. The molecule has 2 aromatic heterocycles. The molecule has 1 fully saturated rings. The van der Waals surface area contributed by atoms with Crippen molar-refractivity contribution in [1.29, 1.82) is 5.26 Å². The predicted octanol–water partition coefficient (Wildman–Crippen LogP) is 2.02. The van der Waals surface area contributed by atoms with Gasteiger partial charge in [-0.3, -0.25) is 4.98 Å². The molecule has 0 bridgehead atoms. The molecule has 136 valence electrons. The van der Waals surface area contributed by atoms with E-state index in [0.29, 0.717) is 28.9 Å². The first-order valence-electron chi connectivity index (χ1n) is 8.79. The number of nitrogens with zero attached hydrogens (tertiary/aromatic N) is 5. The van der Waals surface area contributed by atoms with Crippen molar-refractivity contribution in [3.63, 3.8) is 0 Å². The van der Waals surface area contributed by atoms with E-state index in [1.807, 2.05) is 19.2 Å². The van der Waals surface area contributed by atoms with Crippen molar-refractivity contribution in [3.8, 4) is 6.07 Å². The third kappa shape index (κ3) is 3.45. The van der Waals surface area contributed by atoms with Crippen LogP contribution in [0.3, 0.4) is 0 Å². The largest absolute Gasteiger partial charge is 0.399 e. The van der Waals surface area contributed by atoms with E-state index in [1.165, 1.54) is 0 Å². The number of anilines is 4. The maximum absolute atomic E-state index is 9.14. The van der Waals surface area contributed by atoms with Gasteiger partial charge in [-0.25, -0.2) is 4.98 Å². The fourth-order valence-corrected chi connectivity index (χ4v) is 3.33. The van der Waals surface area contributed by atoms with Crippen molar-refractivity contribution < 1.29 is 0 Å². The third-order valence-corrected chi connectivity index (χ3v) is 4.67. The van der Waals surface area contributed by atoms with Gasteiger partial charge in [0.15, 0.2) is 5.82 Å². The smallest absolute Gasteiger partial charge is 0.229 e. The molecule has 3 aromatic rings. The molecule has 4 rings (SSSR count). The highest BCUT2D eigenvalue weighted by Gasteiger charge is 2.25. The molecule has 0 aliphatic carbocycles. The molecule has 0 amide bonds. The molecule has 0 saturated carbocycles. The van der Waals surface area contributed by atoms with Crippen LogP contribution in [0.15, 0.2) is 36.5 Å². The van der Waals surface area contributed by atoms with Crippen LogP contribution in [-0.4, -0.2) is 41.1 Å². The zero-order valence-electron chi connectivity index (χ0n) is 15.0. The zero-order valence-corrected chi connectivity index (χ0v) is 15.0. The van der Waals surface area contributed by atoms with Crippen LogP contribution in [0, 0.1) is 11.3 Å². The monoisotopic (exact) mass is 360 g/mol. The highest BCUT2D eigenvalue weighted by molar-refractivity contribution is 5.87. The Labute approximate surface area is 157 Å². The quantitative estimate of drug-likeness (QED) is 0.605. The lowest BCUT2D eigenvalue weighted by Gasteiger charge is -2.19. The van der Waals surface area contributed by atoms with E-state index in [-0.39, 0.29) is 0 Å². The Kier molecular flexibility index (Phi) is 4.44. The first kappa shape index (κ1) is 17.0. The first-order chi connectivity index (χ1) is 13.2. The van der Waals surface area contributed by atoms with E-state index in [0.717, 1.165) is 36.4 Å². The summed E-state index contributed by atoms with van der Waals surface area (Å²) in [5.74, 6) is 1.26. The average molecular weight is 360 g/mol. The number of benzene rings is 1. The van der Waals surface area contributed by atoms with Gasteiger partial charge in [0.2, 0.25) is 5.95 Å². The van der Waals surface area contributed by atoms with Crippen molar-refractivity contribution in [2.24, 2.45) is 0 Å². The van der Waals surface area contributed by atoms with Crippen LogP contribution >= 0.6 is 0 Å². The molecule has 1 unspecified atom stereocenters. The fraction of sp³-hybridized carbons (Fsp3) is 0.263. The number of nitrogens with one attached hydrogen (secondary N) is 2. The fourth-order valence-electron chi connectivity index (χ4n) is 3.33. The Morgan fingerprint density at radius 1 is 1.30 bits per heavy atom. The summed E-state index contributed by atoms with van der Waals surface area (Å²) in [7, 11) is 1.98. The van der Waals surface area contributed by atoms with Crippen molar-refractivity contribution >= 4 is 34.2 Å². The molecule has 8 heteroatoms. The number of likely N-dealkylation sites (N-methyl/N-ethyl adjacent to an activating group) is 1. The van der Waals surface area contributed by atoms with Gasteiger partial charge in [-0.15, -0.1) is 0 Å². The van der Waals surface area contributed by atoms with E-state index >= 15 is 0 Å². The summed E-state index contributed by atoms with van der Waals surface area (Å²) in [5.41, 5.74) is 9.10. The molecule has 1 atom stereocenters. The second kappa shape index (κ2) is 7.05. The molecule has 8 nitrogen and oxygen atoms in total. The van der Waals surface area contributed by atoms with E-state index in [2.05, 4.69) is 31.6 Å². The number of hydrogen-bond acceptors (Lipinski definition) is 8. The van der Waals surface area contributed by atoms with Gasteiger partial charge in [0.1, 0.15) is 5.52 Å². The van der Waals surface area contributed by atoms with Gasteiger partial charge < -0.3 is 21.3 Å². The second-order valence-corrected chi connectivity index (χ2v) is 6.54. The number of nitrogen functional groups attached to an aromatic ring is 1. The topological polar surface area (TPSA) is 116 Å². The molecule has 0 radical (unpaired) electrons. The zero-order chi connectivity index (χ0) is 18.8. The van der Waals surface area contributed by atoms with Gasteiger partial charge in [0.25, 0.3) is 0 Å². The molecule has 27 heavy (non-hydrogen) atoms. The van der Waals surface area contributed by atoms with E-state index in [4.69, 9.17) is 16.0 Å². The minimum atomic E-state index is 0.433. The minimum Gasteiger partial charge on any atom is -0.399 e. The lowest BCUT2D eigenvalue weighted by molar-refractivity contribution is 0.616. The molecule has 1 aliphatic heterocycles. The SMILES string of the molecule is CNC1CCN(c2nc(Nc3cc(N)cc(C#N)c3)nc3cccnc23)C1. The Balaban J connectivity index is 1.74. The maximum Gasteiger partial charge on any atom is 0.229 e. The summed E-state index contributed by atoms with van der Waals surface area (Å²) in [5, 5.41) is 15.6. The number of nitrogens with two attached hydrogens (primary N) is 1. The molecule has 1 aliphatic rings. The van der Waals surface area contributed by atoms with Crippen LogP contribution in [0.2, 0.25) is 0 Å². The second-order valence-electron chi connectivity index (χ2n) is 6.54. The highest BCUT2D eigenvalue weighted by atomic mass is 15.3. The normalized spacial score (nSPS) is 16.4. The summed E-state index contributed by atoms with van der Waals surface area (Å²) in [4.78, 5) is 16.0. The Bertz CT molecular complexity index is 1030. The highest BCUT2D eigenvalue weighted by Crippen LogP contribution is 2.28. The van der Waals surface area contributed by atoms with Gasteiger partial charge in [-0.1, -0.05) is 0 Å². The van der Waals surface area contributed by atoms with Crippen LogP contribution in [-0.2, 0) is 0 Å². The van der Waals surface area contributed by atoms with Gasteiger partial charge in [0.05, 0.1) is 17.1 Å². The number of nitriles is 1. The third-order valence-electron chi connectivity index (χ3n) is 4.67. The molecule has 4 N–H and O–H groups in total. The first-order valence-corrected chi connectivity index (χ1v) is 8.79. The van der Waals surface area contributed by atoms with Crippen molar-refractivity contribution in [2.75, 3.05) is 36.1 Å². The van der Waals surface area contributed by atoms with Crippen LogP contribution in [0.4, 0.5) is 23.1 Å². The summed E-state index contributed by atoms with van der Waals surface area (Å²) in [6.45, 7) is 1.78. The van der Waals surface area contributed by atoms with Crippen molar-refractivity contribution in [1.82, 2.24) is 20.3 Å². The summed E-state index contributed by atoms with van der Waals surface area (Å²) in [6, 6.07) is 11.4. The van der Waals surface area contributed by atoms with E-state index in [9.17, 15) is 0 Å². The van der Waals surface area contributed by atoms with Crippen molar-refractivity contribution in [3.05, 3.63) is 42.1 Å². The van der Waals surface area contributed by atoms with Gasteiger partial charge in [0, 0.05) is 36.7 Å². The molecule has 3 heterocycles. The Morgan fingerprint density at radius 3 is 2.96 bits per heavy atom. The molecule has 1 saturated heterocycles. The van der Waals surface area contributed by atoms with Gasteiger partial charge in [-0.2, -0.15) is 10.2 Å². The van der Waals surface area contributed by atoms with Crippen LogP contribution in [0.5, 0.6) is 0 Å². The molecule has 0 spiro atoms. The number of rotatable bonds is 4. The maximum atomic E-state index is 9.14. The van der Waals surface area contributed by atoms with Crippen molar-refractivity contribution in [2.45, 2.75) is 12.5 Å². The molecule has 1 aromatic carbocycles. The Morgan fingerprint density at radius 2 is 2.19 bits per heavy atom. The summed E-state index contributed by atoms with van der Waals surface area (Å²) < 4.78 is 0. The minimum absolute atomic E-state index is 0.433. The van der Waals surface area contributed by atoms with Crippen LogP contribution in [0.1, 0.15) is 12.0 Å². The average Bonchev–Trinajstić information content (AvgIpc) is 3.16. The summed E-state index contributed by atoms with van der Waals surface area (Å²) in [6.07, 6.45) is 2.81. The lowest BCUT2D eigenvalue weighted by atomic mass is 10.2. The van der Waals surface area contributed by atoms with Crippen LogP contribution < -0.4 is 21.3 Å². The summed E-state index contributed by atoms with van der Waals surface area (Å²) >= 11 is 0. The van der Waals surface area contributed by atoms with E-state index in [1.54, 1.807) is 24.4 Å². The van der Waals surface area contributed by atoms with Gasteiger partial charge in [-0.05, 0) is 43.8 Å². The number of aromatic nitrogens is 3. The Hall–Kier alpha value is -3.44. The standard InChI is InChI=1S/C19H20N8/c1-22-14-4-6-27(11-14)18-17-16(3-2-5-23-17)25-19(26-18)24-15-8-12(10-20)7-13(21)9-15/h2-3,5,7-9,14,22H,4,6,11,21H2,1H3,(H,24,25,26). The van der Waals surface area contributed by atoms with Crippen LogP contribution in [0.25, 0.3) is 11.0 Å². The molecular weight excluding hydrogens is 340 g/mol. The van der Waals surface area contributed by atoms with E-state index < -0.39 is 0 Å². The molecular formula is C19H20N8. The predicted molar refractivity (Wildman–Crippen MR) is 106 cm³/mol. The van der Waals surface area contributed by atoms with Gasteiger partial charge >= 0.3 is 0 Å².